The summed E-state index contributed by atoms with van der Waals surface area (Å²) in [5.74, 6) is -2.66. The number of guanidine groups is 1. The second-order valence-electron chi connectivity index (χ2n) is 5.58. The summed E-state index contributed by atoms with van der Waals surface area (Å²) in [7, 11) is 0. The van der Waals surface area contributed by atoms with Gasteiger partial charge in [0.1, 0.15) is 6.04 Å². The van der Waals surface area contributed by atoms with Crippen molar-refractivity contribution in [2.75, 3.05) is 6.54 Å². The van der Waals surface area contributed by atoms with E-state index in [-0.39, 0.29) is 25.8 Å². The maximum absolute atomic E-state index is 12.1. The van der Waals surface area contributed by atoms with E-state index in [1.165, 1.54) is 0 Å². The molecule has 11 heteroatoms. The Morgan fingerprint density at radius 2 is 1.96 bits per heavy atom. The van der Waals surface area contributed by atoms with Crippen LogP contribution in [0.4, 0.5) is 0 Å². The first kappa shape index (κ1) is 20.8. The lowest BCUT2D eigenvalue weighted by atomic mass is 10.1. The van der Waals surface area contributed by atoms with E-state index in [4.69, 9.17) is 16.9 Å². The van der Waals surface area contributed by atoms with E-state index in [0.717, 1.165) is 5.56 Å². The zero-order valence-corrected chi connectivity index (χ0v) is 14.0. The molecule has 7 N–H and O–H groups in total. The van der Waals surface area contributed by atoms with Crippen LogP contribution in [-0.4, -0.2) is 51.6 Å². The molecular formula is C15H22N6O5. The van der Waals surface area contributed by atoms with E-state index in [1.807, 2.05) is 6.07 Å². The van der Waals surface area contributed by atoms with Gasteiger partial charge in [-0.3, -0.25) is 10.2 Å². The minimum absolute atomic E-state index is 0.0335. The van der Waals surface area contributed by atoms with E-state index in [1.54, 1.807) is 24.3 Å². The summed E-state index contributed by atoms with van der Waals surface area (Å²) in [6.07, 6.45) is 0.209. The summed E-state index contributed by atoms with van der Waals surface area (Å²) >= 11 is 0. The molecule has 26 heavy (non-hydrogen) atoms. The molecule has 142 valence electrons. The van der Waals surface area contributed by atoms with Crippen LogP contribution in [-0.2, 0) is 16.0 Å². The Morgan fingerprint density at radius 3 is 2.46 bits per heavy atom. The predicted molar refractivity (Wildman–Crippen MR) is 92.5 cm³/mol. The van der Waals surface area contributed by atoms with Gasteiger partial charge in [0.15, 0.2) is 5.03 Å². The second kappa shape index (κ2) is 9.93. The van der Waals surface area contributed by atoms with Crippen LogP contribution in [0.1, 0.15) is 18.4 Å². The van der Waals surface area contributed by atoms with E-state index in [2.05, 4.69) is 5.32 Å². The normalized spacial score (nSPS) is 12.7. The molecule has 0 saturated heterocycles. The summed E-state index contributed by atoms with van der Waals surface area (Å²) in [6, 6.07) is 6.86. The largest absolute Gasteiger partial charge is 0.480 e. The zero-order chi connectivity index (χ0) is 19.7. The van der Waals surface area contributed by atoms with E-state index in [0.29, 0.717) is 5.01 Å². The quantitative estimate of drug-likeness (QED) is 0.155. The highest BCUT2D eigenvalue weighted by molar-refractivity contribution is 5.87. The molecule has 0 aliphatic rings. The molecule has 0 aromatic heterocycles. The first-order valence-corrected chi connectivity index (χ1v) is 7.81. The Kier molecular flexibility index (Phi) is 7.96. The van der Waals surface area contributed by atoms with E-state index < -0.39 is 35.0 Å². The maximum atomic E-state index is 12.1. The number of hydrogen-bond donors (Lipinski definition) is 5. The standard InChI is InChI=1S/C15H22N6O5/c16-11(9-10-5-2-1-3-6-10)13(22)19-12(14(23)24)7-4-8-20(15(17)18)21(25)26/h1-3,5-6,11-12H,4,7-9,16H2,(H3,17,18)(H,19,22)(H,23,24). The lowest BCUT2D eigenvalue weighted by Gasteiger charge is -2.18. The van der Waals surface area contributed by atoms with Crippen LogP contribution in [0.15, 0.2) is 30.3 Å². The van der Waals surface area contributed by atoms with Gasteiger partial charge in [0, 0.05) is 0 Å². The van der Waals surface area contributed by atoms with Gasteiger partial charge in [-0.1, -0.05) is 35.3 Å². The molecule has 11 nitrogen and oxygen atoms in total. The molecule has 0 bridgehead atoms. The van der Waals surface area contributed by atoms with Crippen LogP contribution in [0.3, 0.4) is 0 Å². The van der Waals surface area contributed by atoms with Crippen LogP contribution in [0, 0.1) is 15.5 Å². The smallest absolute Gasteiger partial charge is 0.326 e. The number of nitro groups is 1. The third-order valence-corrected chi connectivity index (χ3v) is 3.59. The number of carboxylic acids is 1. The number of nitrogens with two attached hydrogens (primary N) is 2. The lowest BCUT2D eigenvalue weighted by Crippen LogP contribution is -2.49. The van der Waals surface area contributed by atoms with E-state index in [9.17, 15) is 24.8 Å². The average molecular weight is 366 g/mol. The van der Waals surface area contributed by atoms with Crippen molar-refractivity contribution in [1.82, 2.24) is 10.3 Å². The Morgan fingerprint density at radius 1 is 1.35 bits per heavy atom. The SMILES string of the molecule is N=C(N)N(CCCC(NC(=O)C(N)Cc1ccccc1)C(=O)O)[N+](=O)[O-]. The van der Waals surface area contributed by atoms with Crippen LogP contribution >= 0.6 is 0 Å². The maximum Gasteiger partial charge on any atom is 0.326 e. The number of hydrogen-bond acceptors (Lipinski definition) is 6. The minimum Gasteiger partial charge on any atom is -0.480 e. The summed E-state index contributed by atoms with van der Waals surface area (Å²) in [5, 5.41) is 28.9. The van der Waals surface area contributed by atoms with Gasteiger partial charge in [0.2, 0.25) is 5.91 Å². The Hall–Kier alpha value is -3.21. The van der Waals surface area contributed by atoms with Crippen molar-refractivity contribution < 1.29 is 19.7 Å². The van der Waals surface area contributed by atoms with Gasteiger partial charge in [-0.2, -0.15) is 0 Å². The summed E-state index contributed by atoms with van der Waals surface area (Å²) in [4.78, 5) is 34.1. The zero-order valence-electron chi connectivity index (χ0n) is 14.0. The molecule has 2 unspecified atom stereocenters. The molecule has 0 aliphatic heterocycles. The minimum atomic E-state index is -1.28. The Labute approximate surface area is 149 Å². The van der Waals surface area contributed by atoms with Crippen LogP contribution in [0.2, 0.25) is 0 Å². The van der Waals surface area contributed by atoms with Gasteiger partial charge >= 0.3 is 5.97 Å². The van der Waals surface area contributed by atoms with Crippen molar-refractivity contribution in [3.8, 4) is 0 Å². The number of hydrazine groups is 1. The monoisotopic (exact) mass is 366 g/mol. The van der Waals surface area contributed by atoms with Gasteiger partial charge in [0.25, 0.3) is 5.96 Å². The Bertz CT molecular complexity index is 639. The van der Waals surface area contributed by atoms with Crippen LogP contribution in [0.5, 0.6) is 0 Å². The summed E-state index contributed by atoms with van der Waals surface area (Å²) < 4.78 is 0. The fourth-order valence-corrected chi connectivity index (χ4v) is 2.23. The van der Waals surface area contributed by atoms with Crippen molar-refractivity contribution in [3.63, 3.8) is 0 Å². The highest BCUT2D eigenvalue weighted by Gasteiger charge is 2.25. The average Bonchev–Trinajstić information content (AvgIpc) is 2.57. The predicted octanol–water partition coefficient (Wildman–Crippen LogP) is -0.707. The third-order valence-electron chi connectivity index (χ3n) is 3.59. The second-order valence-corrected chi connectivity index (χ2v) is 5.58. The van der Waals surface area contributed by atoms with E-state index >= 15 is 0 Å². The molecule has 2 atom stereocenters. The number of carboxylic acid groups (broad SMARTS) is 1. The van der Waals surface area contributed by atoms with Crippen molar-refractivity contribution in [2.24, 2.45) is 11.5 Å². The van der Waals surface area contributed by atoms with Crippen molar-refractivity contribution >= 4 is 17.8 Å². The molecule has 0 spiro atoms. The first-order valence-electron chi connectivity index (χ1n) is 7.81. The fourth-order valence-electron chi connectivity index (χ4n) is 2.23. The molecule has 0 radical (unpaired) electrons. The molecule has 0 fully saturated rings. The van der Waals surface area contributed by atoms with Crippen molar-refractivity contribution in [2.45, 2.75) is 31.3 Å². The van der Waals surface area contributed by atoms with Gasteiger partial charge in [-0.25, -0.2) is 14.9 Å². The van der Waals surface area contributed by atoms with Crippen molar-refractivity contribution in [1.29, 1.82) is 5.41 Å². The van der Waals surface area contributed by atoms with Gasteiger partial charge < -0.3 is 21.9 Å². The molecule has 0 heterocycles. The molecule has 0 aliphatic carbocycles. The van der Waals surface area contributed by atoms with Gasteiger partial charge in [0.05, 0.1) is 12.6 Å². The molecule has 0 saturated carbocycles. The highest BCUT2D eigenvalue weighted by atomic mass is 16.7. The summed E-state index contributed by atoms with van der Waals surface area (Å²) in [6.45, 7) is -0.252. The molecule has 1 aromatic carbocycles. The molecule has 1 amide bonds. The topological polar surface area (TPSA) is 189 Å². The number of nitrogens with one attached hydrogen (secondary N) is 2. The first-order chi connectivity index (χ1) is 12.2. The number of rotatable bonds is 10. The van der Waals surface area contributed by atoms with Crippen LogP contribution in [0.25, 0.3) is 0 Å². The third kappa shape index (κ3) is 6.73. The fraction of sp³-hybridized carbons (Fsp3) is 0.400. The highest BCUT2D eigenvalue weighted by Crippen LogP contribution is 2.04. The number of benzene rings is 1. The number of carbonyl (C=O) groups excluding carboxylic acids is 1. The molecule has 1 rings (SSSR count). The number of aliphatic carboxylic acids is 1. The Balaban J connectivity index is 2.56. The molecular weight excluding hydrogens is 344 g/mol. The lowest BCUT2D eigenvalue weighted by molar-refractivity contribution is -0.629. The van der Waals surface area contributed by atoms with Crippen LogP contribution < -0.4 is 16.8 Å². The van der Waals surface area contributed by atoms with Crippen molar-refractivity contribution in [3.05, 3.63) is 46.0 Å². The number of nitrogens with zero attached hydrogens (tertiary/aromatic N) is 2. The number of carbonyl (C=O) groups is 2. The van der Waals surface area contributed by atoms with Gasteiger partial charge in [-0.15, -0.1) is 0 Å². The number of amides is 1. The molecule has 1 aromatic rings. The van der Waals surface area contributed by atoms with Gasteiger partial charge in [-0.05, 0) is 24.8 Å². The summed E-state index contributed by atoms with van der Waals surface area (Å²) in [5.41, 5.74) is 11.7.